The molecule has 0 radical (unpaired) electrons. The lowest BCUT2D eigenvalue weighted by Crippen LogP contribution is -2.35. The Labute approximate surface area is 105 Å². The molecule has 0 heterocycles. The third kappa shape index (κ3) is 5.82. The van der Waals surface area contributed by atoms with Gasteiger partial charge in [0, 0.05) is 6.54 Å². The van der Waals surface area contributed by atoms with Crippen molar-refractivity contribution in [1.82, 2.24) is 5.48 Å². The smallest absolute Gasteiger partial charge is 0.0921 e. The number of nitrogens with one attached hydrogen (secondary N) is 1. The zero-order valence-corrected chi connectivity index (χ0v) is 11.2. The van der Waals surface area contributed by atoms with Gasteiger partial charge in [-0.1, -0.05) is 26.2 Å². The molecule has 0 bridgehead atoms. The molecule has 0 amide bonds. The van der Waals surface area contributed by atoms with Crippen LogP contribution in [-0.4, -0.2) is 37.1 Å². The first-order valence-corrected chi connectivity index (χ1v) is 6.92. The zero-order chi connectivity index (χ0) is 12.5. The Morgan fingerprint density at radius 3 is 2.76 bits per heavy atom. The summed E-state index contributed by atoms with van der Waals surface area (Å²) in [7, 11) is 0. The van der Waals surface area contributed by atoms with E-state index in [0.717, 1.165) is 6.42 Å². The quantitative estimate of drug-likeness (QED) is 0.506. The number of hydrogen-bond acceptors (Lipinski definition) is 4. The van der Waals surface area contributed by atoms with Gasteiger partial charge in [0.2, 0.25) is 0 Å². The van der Waals surface area contributed by atoms with E-state index in [-0.39, 0.29) is 0 Å². The van der Waals surface area contributed by atoms with Crippen molar-refractivity contribution in [3.63, 3.8) is 0 Å². The first-order valence-electron chi connectivity index (χ1n) is 6.92. The first kappa shape index (κ1) is 14.9. The van der Waals surface area contributed by atoms with Crippen LogP contribution in [0.25, 0.3) is 0 Å². The number of ether oxygens (including phenoxy) is 1. The minimum absolute atomic E-state index is 0.343. The molecule has 1 saturated carbocycles. The molecule has 0 spiro atoms. The fraction of sp³-hybridized carbons (Fsp3) is 1.00. The third-order valence-corrected chi connectivity index (χ3v) is 3.43. The molecule has 0 aromatic rings. The van der Waals surface area contributed by atoms with Crippen molar-refractivity contribution in [3.05, 3.63) is 0 Å². The Morgan fingerprint density at radius 1 is 1.29 bits per heavy atom. The van der Waals surface area contributed by atoms with E-state index in [1.165, 1.54) is 25.7 Å². The Kier molecular flexibility index (Phi) is 7.77. The highest BCUT2D eigenvalue weighted by Gasteiger charge is 2.24. The number of rotatable bonds is 8. The van der Waals surface area contributed by atoms with Crippen molar-refractivity contribution in [2.45, 2.75) is 58.2 Å². The molecule has 0 saturated heterocycles. The van der Waals surface area contributed by atoms with Gasteiger partial charge < -0.3 is 14.7 Å². The predicted octanol–water partition coefficient (Wildman–Crippen LogP) is 1.87. The maximum atomic E-state index is 9.70. The van der Waals surface area contributed by atoms with Gasteiger partial charge >= 0.3 is 0 Å². The summed E-state index contributed by atoms with van der Waals surface area (Å²) in [6.07, 6.45) is 6.04. The molecular formula is C13H27NO3. The minimum Gasteiger partial charge on any atom is -0.389 e. The Morgan fingerprint density at radius 2 is 2.06 bits per heavy atom. The van der Waals surface area contributed by atoms with E-state index < -0.39 is 6.10 Å². The molecule has 0 aromatic heterocycles. The highest BCUT2D eigenvalue weighted by atomic mass is 16.6. The van der Waals surface area contributed by atoms with Gasteiger partial charge in [0.15, 0.2) is 0 Å². The van der Waals surface area contributed by atoms with Crippen LogP contribution in [0.3, 0.4) is 0 Å². The van der Waals surface area contributed by atoms with Gasteiger partial charge in [-0.05, 0) is 25.7 Å². The van der Waals surface area contributed by atoms with Crippen molar-refractivity contribution in [2.75, 3.05) is 19.8 Å². The molecule has 3 unspecified atom stereocenters. The van der Waals surface area contributed by atoms with E-state index in [4.69, 9.17) is 9.57 Å². The second-order valence-corrected chi connectivity index (χ2v) is 4.76. The largest absolute Gasteiger partial charge is 0.389 e. The summed E-state index contributed by atoms with van der Waals surface area (Å²) in [6, 6.07) is 0. The number of hydroxylamine groups is 1. The van der Waals surface area contributed by atoms with E-state index in [1.807, 2.05) is 6.92 Å². The molecule has 0 aromatic carbocycles. The number of hydrogen-bond donors (Lipinski definition) is 2. The molecule has 4 nitrogen and oxygen atoms in total. The Balaban J connectivity index is 2.14. The van der Waals surface area contributed by atoms with Gasteiger partial charge in [0.05, 0.1) is 25.4 Å². The Bertz CT molecular complexity index is 190. The summed E-state index contributed by atoms with van der Waals surface area (Å²) in [5, 5.41) is 9.70. The second kappa shape index (κ2) is 8.86. The molecule has 1 aliphatic carbocycles. The molecule has 1 fully saturated rings. The van der Waals surface area contributed by atoms with Gasteiger partial charge in [0.25, 0.3) is 0 Å². The zero-order valence-electron chi connectivity index (χ0n) is 11.2. The highest BCUT2D eigenvalue weighted by molar-refractivity contribution is 4.75. The topological polar surface area (TPSA) is 50.7 Å². The Hall–Kier alpha value is -0.160. The molecule has 102 valence electrons. The van der Waals surface area contributed by atoms with Gasteiger partial charge in [-0.25, -0.2) is 0 Å². The van der Waals surface area contributed by atoms with Gasteiger partial charge in [-0.15, -0.1) is 0 Å². The van der Waals surface area contributed by atoms with Crippen LogP contribution in [0.4, 0.5) is 0 Å². The molecule has 3 atom stereocenters. The third-order valence-electron chi connectivity index (χ3n) is 3.43. The van der Waals surface area contributed by atoms with E-state index in [0.29, 0.717) is 31.8 Å². The van der Waals surface area contributed by atoms with E-state index in [9.17, 15) is 5.11 Å². The summed E-state index contributed by atoms with van der Waals surface area (Å²) >= 11 is 0. The number of aliphatic hydroxyl groups is 1. The molecule has 4 heteroatoms. The van der Waals surface area contributed by atoms with Crippen LogP contribution < -0.4 is 5.48 Å². The van der Waals surface area contributed by atoms with Crippen LogP contribution in [0.2, 0.25) is 0 Å². The molecule has 0 aliphatic heterocycles. The van der Waals surface area contributed by atoms with Gasteiger partial charge in [0.1, 0.15) is 0 Å². The fourth-order valence-electron chi connectivity index (χ4n) is 2.41. The monoisotopic (exact) mass is 245 g/mol. The summed E-state index contributed by atoms with van der Waals surface area (Å²) in [4.78, 5) is 4.97. The van der Waals surface area contributed by atoms with Crippen LogP contribution in [0, 0.1) is 5.92 Å². The van der Waals surface area contributed by atoms with Crippen molar-refractivity contribution in [1.29, 1.82) is 0 Å². The van der Waals surface area contributed by atoms with E-state index in [2.05, 4.69) is 12.4 Å². The predicted molar refractivity (Wildman–Crippen MR) is 67.6 cm³/mol. The average Bonchev–Trinajstić information content (AvgIpc) is 2.37. The first-order chi connectivity index (χ1) is 8.27. The minimum atomic E-state index is -0.485. The average molecular weight is 245 g/mol. The van der Waals surface area contributed by atoms with E-state index in [1.54, 1.807) is 0 Å². The molecule has 1 aliphatic rings. The highest BCUT2D eigenvalue weighted by Crippen LogP contribution is 2.29. The maximum absolute atomic E-state index is 9.70. The second-order valence-electron chi connectivity index (χ2n) is 4.76. The molecule has 17 heavy (non-hydrogen) atoms. The summed E-state index contributed by atoms with van der Waals surface area (Å²) in [5.74, 6) is 0.677. The lowest BCUT2D eigenvalue weighted by atomic mass is 9.85. The maximum Gasteiger partial charge on any atom is 0.0921 e. The van der Waals surface area contributed by atoms with Crippen LogP contribution in [0.5, 0.6) is 0 Å². The van der Waals surface area contributed by atoms with Crippen molar-refractivity contribution < 1.29 is 14.7 Å². The molecule has 1 rings (SSSR count). The van der Waals surface area contributed by atoms with Crippen LogP contribution >= 0.6 is 0 Å². The van der Waals surface area contributed by atoms with E-state index >= 15 is 0 Å². The number of aliphatic hydroxyl groups excluding tert-OH is 1. The summed E-state index contributed by atoms with van der Waals surface area (Å²) < 4.78 is 5.83. The van der Waals surface area contributed by atoms with Crippen LogP contribution in [0.1, 0.15) is 46.0 Å². The molecular weight excluding hydrogens is 218 g/mol. The lowest BCUT2D eigenvalue weighted by molar-refractivity contribution is -0.0623. The van der Waals surface area contributed by atoms with Crippen molar-refractivity contribution in [3.8, 4) is 0 Å². The summed E-state index contributed by atoms with van der Waals surface area (Å²) in [5.41, 5.74) is 2.72. The normalized spacial score (nSPS) is 27.0. The standard InChI is InChI=1S/C13H27NO3/c1-3-11-7-5-6-8-13(11)16-10-12(15)9-14-17-4-2/h11-15H,3-10H2,1-2H3. The molecule has 2 N–H and O–H groups in total. The fourth-order valence-corrected chi connectivity index (χ4v) is 2.41. The lowest BCUT2D eigenvalue weighted by Gasteiger charge is -2.31. The van der Waals surface area contributed by atoms with Gasteiger partial charge in [-0.2, -0.15) is 5.48 Å². The van der Waals surface area contributed by atoms with Crippen LogP contribution in [0.15, 0.2) is 0 Å². The van der Waals surface area contributed by atoms with Gasteiger partial charge in [-0.3, -0.25) is 0 Å². The summed E-state index contributed by atoms with van der Waals surface area (Å²) in [6.45, 7) is 5.57. The van der Waals surface area contributed by atoms with Crippen molar-refractivity contribution in [2.24, 2.45) is 5.92 Å². The SMILES string of the molecule is CCONCC(O)COC1CCCCC1CC. The van der Waals surface area contributed by atoms with Crippen LogP contribution in [-0.2, 0) is 9.57 Å². The van der Waals surface area contributed by atoms with Crippen molar-refractivity contribution >= 4 is 0 Å².